The van der Waals surface area contributed by atoms with Crippen LogP contribution >= 0.6 is 0 Å². The molecule has 2 aromatic heterocycles. The van der Waals surface area contributed by atoms with Crippen molar-refractivity contribution in [3.8, 4) is 0 Å². The molecule has 162 valence electrons. The molecular weight excluding hydrogens is 390 g/mol. The maximum Gasteiger partial charge on any atom is 0.339 e. The van der Waals surface area contributed by atoms with Gasteiger partial charge in [0.15, 0.2) is 5.78 Å². The van der Waals surface area contributed by atoms with Gasteiger partial charge in [0.05, 0.1) is 35.7 Å². The van der Waals surface area contributed by atoms with Crippen molar-refractivity contribution in [1.82, 2.24) is 14.9 Å². The lowest BCUT2D eigenvalue weighted by molar-refractivity contribution is 0.0517. The number of hydrogen-bond donors (Lipinski definition) is 2. The van der Waals surface area contributed by atoms with Crippen molar-refractivity contribution in [2.24, 2.45) is 0 Å². The van der Waals surface area contributed by atoms with Crippen LogP contribution in [0.2, 0.25) is 0 Å². The molecule has 0 spiro atoms. The van der Waals surface area contributed by atoms with Gasteiger partial charge in [-0.3, -0.25) is 9.59 Å². The first-order chi connectivity index (χ1) is 14.2. The Morgan fingerprint density at radius 3 is 1.77 bits per heavy atom. The van der Waals surface area contributed by atoms with Gasteiger partial charge in [0.1, 0.15) is 0 Å². The molecule has 2 rings (SSSR count). The van der Waals surface area contributed by atoms with E-state index in [1.807, 2.05) is 14.1 Å². The van der Waals surface area contributed by atoms with Crippen LogP contribution in [0.3, 0.4) is 0 Å². The summed E-state index contributed by atoms with van der Waals surface area (Å²) in [5.41, 5.74) is 1.52. The monoisotopic (exact) mass is 417 g/mol. The Balaban J connectivity index is 0.000000311. The van der Waals surface area contributed by atoms with Crippen LogP contribution < -0.4 is 0 Å². The number of nitrogens with one attached hydrogen (secondary N) is 2. The summed E-state index contributed by atoms with van der Waals surface area (Å²) in [5.74, 6) is -1.13. The summed E-state index contributed by atoms with van der Waals surface area (Å²) < 4.78 is 9.57. The number of nitrogens with zero attached hydrogens (tertiary/aromatic N) is 1. The summed E-state index contributed by atoms with van der Waals surface area (Å²) in [6.07, 6.45) is 6.01. The topological polar surface area (TPSA) is 122 Å². The van der Waals surface area contributed by atoms with Gasteiger partial charge in [0, 0.05) is 45.7 Å². The molecule has 9 nitrogen and oxygen atoms in total. The van der Waals surface area contributed by atoms with Gasteiger partial charge in [-0.2, -0.15) is 0 Å². The van der Waals surface area contributed by atoms with Gasteiger partial charge in [0.2, 0.25) is 5.78 Å². The van der Waals surface area contributed by atoms with E-state index in [2.05, 4.69) is 9.97 Å². The Kier molecular flexibility index (Phi) is 9.81. The fourth-order valence-electron chi connectivity index (χ4n) is 2.11. The van der Waals surface area contributed by atoms with E-state index in [-0.39, 0.29) is 11.6 Å². The highest BCUT2D eigenvalue weighted by Gasteiger charge is 2.12. The van der Waals surface area contributed by atoms with E-state index < -0.39 is 11.9 Å². The fraction of sp³-hybridized carbons (Fsp3) is 0.333. The largest absolute Gasteiger partial charge is 0.462 e. The van der Waals surface area contributed by atoms with E-state index in [0.29, 0.717) is 35.7 Å². The van der Waals surface area contributed by atoms with Crippen LogP contribution in [-0.2, 0) is 9.47 Å². The Morgan fingerprint density at radius 2 is 1.37 bits per heavy atom. The molecule has 2 heterocycles. The van der Waals surface area contributed by atoms with E-state index in [1.165, 1.54) is 37.5 Å². The number of esters is 2. The number of carbonyl (C=O) groups is 4. The highest BCUT2D eigenvalue weighted by atomic mass is 16.5. The second kappa shape index (κ2) is 12.1. The highest BCUT2D eigenvalue weighted by molar-refractivity contribution is 6.04. The molecule has 0 unspecified atom stereocenters. The van der Waals surface area contributed by atoms with Crippen molar-refractivity contribution in [2.45, 2.75) is 20.8 Å². The maximum absolute atomic E-state index is 11.6. The zero-order valence-electron chi connectivity index (χ0n) is 17.8. The summed E-state index contributed by atoms with van der Waals surface area (Å²) in [5, 5.41) is 0. The van der Waals surface area contributed by atoms with E-state index in [1.54, 1.807) is 24.9 Å². The van der Waals surface area contributed by atoms with Gasteiger partial charge in [0.25, 0.3) is 0 Å². The number of carbonyl (C=O) groups excluding carboxylic acids is 4. The smallest absolute Gasteiger partial charge is 0.339 e. The van der Waals surface area contributed by atoms with Crippen LogP contribution in [0.5, 0.6) is 0 Å². The molecule has 9 heteroatoms. The summed E-state index contributed by atoms with van der Waals surface area (Å²) in [4.78, 5) is 52.2. The minimum Gasteiger partial charge on any atom is -0.462 e. The molecule has 0 aromatic carbocycles. The lowest BCUT2D eigenvalue weighted by Gasteiger charge is -2.01. The quantitative estimate of drug-likeness (QED) is 0.385. The first kappa shape index (κ1) is 24.4. The van der Waals surface area contributed by atoms with Crippen LogP contribution in [0.1, 0.15) is 62.5 Å². The summed E-state index contributed by atoms with van der Waals surface area (Å²) >= 11 is 0. The minimum absolute atomic E-state index is 0.101. The summed E-state index contributed by atoms with van der Waals surface area (Å²) in [6.45, 7) is 5.54. The van der Waals surface area contributed by atoms with E-state index in [4.69, 9.17) is 9.47 Å². The zero-order chi connectivity index (χ0) is 22.7. The number of ketones is 2. The van der Waals surface area contributed by atoms with Crippen molar-refractivity contribution in [2.75, 3.05) is 27.3 Å². The van der Waals surface area contributed by atoms with Gasteiger partial charge in [-0.05, 0) is 26.0 Å². The van der Waals surface area contributed by atoms with Crippen molar-refractivity contribution < 1.29 is 28.7 Å². The van der Waals surface area contributed by atoms with E-state index >= 15 is 0 Å². The number of rotatable bonds is 8. The number of aromatic amines is 2. The molecule has 0 fully saturated rings. The molecule has 0 aliphatic rings. The molecule has 0 atom stereocenters. The number of aromatic nitrogens is 2. The molecule has 0 saturated heterocycles. The molecule has 2 aromatic rings. The van der Waals surface area contributed by atoms with Gasteiger partial charge >= 0.3 is 11.9 Å². The number of allylic oxidation sites excluding steroid dienone is 1. The number of Topliss-reactive ketones (excluding diaryl/α,β-unsaturated/α-hetero) is 1. The lowest BCUT2D eigenvalue weighted by atomic mass is 10.2. The third-order valence-corrected chi connectivity index (χ3v) is 3.56. The first-order valence-corrected chi connectivity index (χ1v) is 9.30. The molecule has 2 N–H and O–H groups in total. The van der Waals surface area contributed by atoms with Crippen molar-refractivity contribution in [1.29, 1.82) is 0 Å². The van der Waals surface area contributed by atoms with Crippen LogP contribution in [0.4, 0.5) is 0 Å². The average Bonchev–Trinajstić information content (AvgIpc) is 3.37. The number of ether oxygens (including phenoxy) is 2. The van der Waals surface area contributed by atoms with Gasteiger partial charge < -0.3 is 24.3 Å². The predicted octanol–water partition coefficient (Wildman–Crippen LogP) is 2.84. The minimum atomic E-state index is -0.431. The van der Waals surface area contributed by atoms with Gasteiger partial charge in [-0.1, -0.05) is 0 Å². The van der Waals surface area contributed by atoms with E-state index in [9.17, 15) is 19.2 Å². The van der Waals surface area contributed by atoms with Crippen LogP contribution in [0, 0.1) is 0 Å². The Labute approximate surface area is 175 Å². The third kappa shape index (κ3) is 7.78. The molecule has 0 aliphatic heterocycles. The molecule has 0 amide bonds. The normalized spacial score (nSPS) is 10.2. The Morgan fingerprint density at radius 1 is 0.900 bits per heavy atom. The number of hydrogen-bond acceptors (Lipinski definition) is 7. The fourth-order valence-corrected chi connectivity index (χ4v) is 2.11. The predicted molar refractivity (Wildman–Crippen MR) is 111 cm³/mol. The lowest BCUT2D eigenvalue weighted by Crippen LogP contribution is -2.04. The van der Waals surface area contributed by atoms with Crippen LogP contribution in [0.25, 0.3) is 0 Å². The van der Waals surface area contributed by atoms with Crippen molar-refractivity contribution >= 4 is 23.5 Å². The molecule has 0 aliphatic carbocycles. The first-order valence-electron chi connectivity index (χ1n) is 9.30. The standard InChI is InChI=1S/C12H16N2O3.C9H11NO3/c1-4-17-12(16)9-7-10(13-8-9)11(15)5-6-14(2)3;1-3-13-9(12)7-4-8(6(2)11)10-5-7/h5-8,13H,4H2,1-3H3;4-5,10H,3H2,1-2H3/b6-5+;. The van der Waals surface area contributed by atoms with Crippen molar-refractivity contribution in [3.63, 3.8) is 0 Å². The zero-order valence-corrected chi connectivity index (χ0v) is 17.8. The molecule has 30 heavy (non-hydrogen) atoms. The Bertz CT molecular complexity index is 907. The van der Waals surface area contributed by atoms with Crippen LogP contribution in [0.15, 0.2) is 36.8 Å². The third-order valence-electron chi connectivity index (χ3n) is 3.56. The molecule has 0 radical (unpaired) electrons. The maximum atomic E-state index is 11.6. The second-order valence-electron chi connectivity index (χ2n) is 6.24. The molecular formula is C21H27N3O6. The Hall–Kier alpha value is -3.62. The van der Waals surface area contributed by atoms with Gasteiger partial charge in [-0.25, -0.2) is 9.59 Å². The van der Waals surface area contributed by atoms with Crippen molar-refractivity contribution in [3.05, 3.63) is 59.3 Å². The highest BCUT2D eigenvalue weighted by Crippen LogP contribution is 2.07. The average molecular weight is 417 g/mol. The molecule has 0 saturated carbocycles. The summed E-state index contributed by atoms with van der Waals surface area (Å²) in [7, 11) is 3.64. The van der Waals surface area contributed by atoms with E-state index in [0.717, 1.165) is 0 Å². The van der Waals surface area contributed by atoms with Gasteiger partial charge in [-0.15, -0.1) is 0 Å². The SMILES string of the molecule is CCOC(=O)c1c[nH]c(C(=O)/C=C/N(C)C)c1.CCOC(=O)c1c[nH]c(C(C)=O)c1. The second-order valence-corrected chi connectivity index (χ2v) is 6.24. The summed E-state index contributed by atoms with van der Waals surface area (Å²) in [6, 6.07) is 2.97. The van der Waals surface area contributed by atoms with Crippen LogP contribution in [-0.4, -0.2) is 65.7 Å². The number of H-pyrrole nitrogens is 2. The molecule has 0 bridgehead atoms.